The van der Waals surface area contributed by atoms with Crippen LogP contribution in [-0.4, -0.2) is 53.6 Å². The van der Waals surface area contributed by atoms with E-state index in [0.29, 0.717) is 18.4 Å². The van der Waals surface area contributed by atoms with E-state index in [1.807, 2.05) is 30.4 Å². The molecule has 0 bridgehead atoms. The molecule has 0 aliphatic heterocycles. The molecule has 1 aliphatic rings. The molecule has 2 aromatic rings. The summed E-state index contributed by atoms with van der Waals surface area (Å²) in [6, 6.07) is 19.6. The third-order valence-electron chi connectivity index (χ3n) is 6.80. The monoisotopic (exact) mass is 448 g/mol. The number of nitrogens with zero attached hydrogens (tertiary/aromatic N) is 2. The highest BCUT2D eigenvalue weighted by atomic mass is 16.3. The molecule has 1 saturated carbocycles. The molecule has 0 radical (unpaired) electrons. The number of aliphatic hydroxyl groups is 1. The van der Waals surface area contributed by atoms with Gasteiger partial charge in [-0.05, 0) is 68.7 Å². The van der Waals surface area contributed by atoms with Crippen molar-refractivity contribution in [3.05, 3.63) is 77.4 Å². The average Bonchev–Trinajstić information content (AvgIpc) is 2.85. The number of hydrogen-bond acceptors (Lipinski definition) is 3. The smallest absolute Gasteiger partial charge is 0.226 e. The van der Waals surface area contributed by atoms with Gasteiger partial charge in [0, 0.05) is 38.7 Å². The van der Waals surface area contributed by atoms with Crippen LogP contribution in [0.2, 0.25) is 0 Å². The van der Waals surface area contributed by atoms with Gasteiger partial charge in [-0.25, -0.2) is 0 Å². The lowest BCUT2D eigenvalue weighted by molar-refractivity contribution is -0.133. The largest absolute Gasteiger partial charge is 0.396 e. The Bertz CT molecular complexity index is 855. The highest BCUT2D eigenvalue weighted by molar-refractivity contribution is 5.79. The second-order valence-electron chi connectivity index (χ2n) is 9.26. The minimum absolute atomic E-state index is 0.239. The fourth-order valence-electron chi connectivity index (χ4n) is 4.96. The lowest BCUT2D eigenvalue weighted by Gasteiger charge is -2.36. The molecule has 3 rings (SSSR count). The number of amides is 1. The van der Waals surface area contributed by atoms with Crippen molar-refractivity contribution in [3.63, 3.8) is 0 Å². The van der Waals surface area contributed by atoms with Gasteiger partial charge in [0.2, 0.25) is 5.91 Å². The minimum Gasteiger partial charge on any atom is -0.396 e. The predicted molar refractivity (Wildman–Crippen MR) is 137 cm³/mol. The molecule has 0 spiro atoms. The number of benzene rings is 2. The van der Waals surface area contributed by atoms with Gasteiger partial charge in [-0.15, -0.1) is 0 Å². The number of hydrogen-bond donors (Lipinski definition) is 1. The molecule has 0 heterocycles. The highest BCUT2D eigenvalue weighted by Crippen LogP contribution is 2.35. The first-order valence-corrected chi connectivity index (χ1v) is 12.5. The molecule has 4 heteroatoms. The number of carbonyl (C=O) groups is 1. The Morgan fingerprint density at radius 1 is 1.03 bits per heavy atom. The van der Waals surface area contributed by atoms with Crippen molar-refractivity contribution in [3.8, 4) is 0 Å². The van der Waals surface area contributed by atoms with Crippen LogP contribution in [0.15, 0.2) is 60.7 Å². The summed E-state index contributed by atoms with van der Waals surface area (Å²) in [6.07, 6.45) is 9.77. The normalized spacial score (nSPS) is 18.7. The van der Waals surface area contributed by atoms with Gasteiger partial charge >= 0.3 is 0 Å². The summed E-state index contributed by atoms with van der Waals surface area (Å²) in [5.74, 6) is 0.831. The zero-order valence-corrected chi connectivity index (χ0v) is 20.3. The summed E-state index contributed by atoms with van der Waals surface area (Å²) in [5.41, 5.74) is 3.88. The molecule has 1 amide bonds. The van der Waals surface area contributed by atoms with Crippen LogP contribution in [0.5, 0.6) is 0 Å². The molecule has 2 aromatic carbocycles. The van der Waals surface area contributed by atoms with Crippen molar-refractivity contribution >= 4 is 12.0 Å². The third-order valence-corrected chi connectivity index (χ3v) is 6.80. The molecule has 0 atom stereocenters. The van der Waals surface area contributed by atoms with E-state index in [1.54, 1.807) is 0 Å². The quantitative estimate of drug-likeness (QED) is 0.495. The molecule has 4 nitrogen and oxygen atoms in total. The van der Waals surface area contributed by atoms with E-state index in [1.165, 1.54) is 11.1 Å². The molecular formula is C29H40N2O2. The van der Waals surface area contributed by atoms with E-state index in [4.69, 9.17) is 5.11 Å². The minimum atomic E-state index is 0.239. The van der Waals surface area contributed by atoms with Gasteiger partial charge in [0.05, 0.1) is 0 Å². The van der Waals surface area contributed by atoms with Crippen LogP contribution >= 0.6 is 0 Å². The van der Waals surface area contributed by atoms with E-state index < -0.39 is 0 Å². The molecule has 0 aromatic heterocycles. The zero-order valence-electron chi connectivity index (χ0n) is 20.3. The van der Waals surface area contributed by atoms with Crippen molar-refractivity contribution in [2.24, 2.45) is 0 Å². The Morgan fingerprint density at radius 3 is 2.36 bits per heavy atom. The molecular weight excluding hydrogens is 408 g/mol. The van der Waals surface area contributed by atoms with Crippen molar-refractivity contribution in [2.75, 3.05) is 26.7 Å². The molecule has 0 saturated heterocycles. The van der Waals surface area contributed by atoms with Gasteiger partial charge in [-0.1, -0.05) is 66.7 Å². The Balaban J connectivity index is 1.47. The van der Waals surface area contributed by atoms with Crippen LogP contribution in [0.3, 0.4) is 0 Å². The van der Waals surface area contributed by atoms with Crippen LogP contribution < -0.4 is 0 Å². The summed E-state index contributed by atoms with van der Waals surface area (Å²) in [5, 5.41) is 8.99. The van der Waals surface area contributed by atoms with Crippen molar-refractivity contribution in [1.29, 1.82) is 0 Å². The first kappa shape index (κ1) is 25.2. The van der Waals surface area contributed by atoms with Crippen molar-refractivity contribution in [2.45, 2.75) is 64.0 Å². The van der Waals surface area contributed by atoms with Gasteiger partial charge < -0.3 is 14.9 Å². The summed E-state index contributed by atoms with van der Waals surface area (Å²) in [6.45, 7) is 4.96. The van der Waals surface area contributed by atoms with Crippen LogP contribution in [0.4, 0.5) is 0 Å². The third kappa shape index (κ3) is 7.83. The van der Waals surface area contributed by atoms with E-state index in [2.05, 4.69) is 60.2 Å². The van der Waals surface area contributed by atoms with E-state index in [-0.39, 0.29) is 12.5 Å². The summed E-state index contributed by atoms with van der Waals surface area (Å²) >= 11 is 0. The van der Waals surface area contributed by atoms with Crippen LogP contribution in [0.1, 0.15) is 68.1 Å². The van der Waals surface area contributed by atoms with Crippen LogP contribution in [-0.2, 0) is 11.3 Å². The number of rotatable bonds is 11. The molecule has 178 valence electrons. The number of carbonyl (C=O) groups excluding carboxylic acids is 1. The lowest BCUT2D eigenvalue weighted by atomic mass is 9.81. The van der Waals surface area contributed by atoms with Gasteiger partial charge in [0.1, 0.15) is 0 Å². The Hall–Kier alpha value is -2.43. The fourth-order valence-corrected chi connectivity index (χ4v) is 4.96. The highest BCUT2D eigenvalue weighted by Gasteiger charge is 2.28. The number of aliphatic hydroxyl groups excluding tert-OH is 1. The lowest BCUT2D eigenvalue weighted by Crippen LogP contribution is -2.41. The molecule has 1 N–H and O–H groups in total. The maximum absolute atomic E-state index is 12.9. The average molecular weight is 449 g/mol. The van der Waals surface area contributed by atoms with Crippen LogP contribution in [0, 0.1) is 0 Å². The predicted octanol–water partition coefficient (Wildman–Crippen LogP) is 5.48. The Labute approximate surface area is 199 Å². The Morgan fingerprint density at radius 2 is 1.73 bits per heavy atom. The van der Waals surface area contributed by atoms with Gasteiger partial charge in [0.15, 0.2) is 0 Å². The van der Waals surface area contributed by atoms with E-state index >= 15 is 0 Å². The molecule has 1 aliphatic carbocycles. The van der Waals surface area contributed by atoms with E-state index in [9.17, 15) is 4.79 Å². The second-order valence-corrected chi connectivity index (χ2v) is 9.26. The standard InChI is InChI=1S/C29H40N2O2/c1-3-31(29(33)12-7-11-24-9-5-4-6-10-24)28-19-17-27(18-20-28)26-15-13-25(14-16-26)23-30(2)21-8-22-32/h4-7,9-11,13-16,27-28,32H,3,8,12,17-23H2,1-2H3. The topological polar surface area (TPSA) is 43.8 Å². The van der Waals surface area contributed by atoms with Gasteiger partial charge in [-0.2, -0.15) is 0 Å². The SMILES string of the molecule is CCN(C(=O)CC=Cc1ccccc1)C1CCC(c2ccc(CN(C)CCCO)cc2)CC1. The zero-order chi connectivity index (χ0) is 23.5. The van der Waals surface area contributed by atoms with Crippen LogP contribution in [0.25, 0.3) is 6.08 Å². The second kappa shape index (κ2) is 13.3. The first-order valence-electron chi connectivity index (χ1n) is 12.5. The molecule has 1 fully saturated rings. The summed E-state index contributed by atoms with van der Waals surface area (Å²) in [7, 11) is 2.10. The molecule has 33 heavy (non-hydrogen) atoms. The van der Waals surface area contributed by atoms with Gasteiger partial charge in [-0.3, -0.25) is 4.79 Å². The maximum Gasteiger partial charge on any atom is 0.226 e. The fraction of sp³-hybridized carbons (Fsp3) is 0.483. The van der Waals surface area contributed by atoms with E-state index in [0.717, 1.165) is 57.3 Å². The summed E-state index contributed by atoms with van der Waals surface area (Å²) < 4.78 is 0. The molecule has 0 unspecified atom stereocenters. The maximum atomic E-state index is 12.9. The van der Waals surface area contributed by atoms with Crippen molar-refractivity contribution in [1.82, 2.24) is 9.80 Å². The first-order chi connectivity index (χ1) is 16.1. The summed E-state index contributed by atoms with van der Waals surface area (Å²) in [4.78, 5) is 17.2. The van der Waals surface area contributed by atoms with Crippen molar-refractivity contribution < 1.29 is 9.90 Å². The Kier molecular flexibility index (Phi) is 10.2. The van der Waals surface area contributed by atoms with Gasteiger partial charge in [0.25, 0.3) is 0 Å².